The molecular formula is C40H87ClN4O9. The standard InChI is InChI=1S/2C11H23NO2.C9H19NO2.C6H13NO2.C3H8O.ClH/c2*1-6-7-14-11(13)10(12(4)5)8-9(2)3;1-4-5-12-9(11)8(10)6-7(2)3;1-5(2)3-6(7)9-4-8;1-2-3-4;/h2*9-10H,6-8H2,1-5H3;7-8H,4-6,10H2,1-3H3;4-6H,3,7H2,1-2H3;4H,2-3H2,1H3;1H. The first kappa shape index (κ1) is 63.9. The molecule has 0 spiro atoms. The molecule has 0 radical (unpaired) electrons. The Labute approximate surface area is 337 Å². The number of hydrogen-bond acceptors (Lipinski definition) is 13. The highest BCUT2D eigenvalue weighted by atomic mass is 35.5. The molecule has 13 nitrogen and oxygen atoms in total. The van der Waals surface area contributed by atoms with Gasteiger partial charge in [0.05, 0.1) is 19.8 Å². The van der Waals surface area contributed by atoms with Crippen molar-refractivity contribution in [2.24, 2.45) is 35.1 Å². The minimum absolute atomic E-state index is 0. The molecule has 328 valence electrons. The zero-order valence-electron chi connectivity index (χ0n) is 37.4. The summed E-state index contributed by atoms with van der Waals surface area (Å²) in [6.07, 6.45) is 6.19. The number of likely N-dealkylation sites (N-methyl/N-ethyl adjacent to an activating group) is 2. The average molecular weight is 804 g/mol. The van der Waals surface area contributed by atoms with E-state index in [0.717, 1.165) is 44.9 Å². The van der Waals surface area contributed by atoms with Crippen LogP contribution in [0.2, 0.25) is 0 Å². The second kappa shape index (κ2) is 43.7. The third-order valence-corrected chi connectivity index (χ3v) is 6.71. The van der Waals surface area contributed by atoms with Crippen LogP contribution in [0.4, 0.5) is 0 Å². The Balaban J connectivity index is -0.000000138. The first-order valence-electron chi connectivity index (χ1n) is 19.7. The second-order valence-corrected chi connectivity index (χ2v) is 15.1. The zero-order valence-corrected chi connectivity index (χ0v) is 38.2. The molecule has 14 heteroatoms. The fourth-order valence-corrected chi connectivity index (χ4v) is 4.03. The predicted molar refractivity (Wildman–Crippen MR) is 224 cm³/mol. The smallest absolute Gasteiger partial charge is 0.323 e. The molecule has 5 N–H and O–H groups in total. The number of esters is 3. The number of rotatable bonds is 22. The number of aliphatic hydroxyl groups excluding tert-OH is 1. The Hall–Kier alpha value is -2.03. The van der Waals surface area contributed by atoms with Crippen molar-refractivity contribution in [1.82, 2.24) is 9.80 Å². The van der Waals surface area contributed by atoms with Gasteiger partial charge in [0.25, 0.3) is 6.47 Å². The van der Waals surface area contributed by atoms with Crippen LogP contribution in [0.25, 0.3) is 0 Å². The van der Waals surface area contributed by atoms with Crippen LogP contribution in [0.5, 0.6) is 0 Å². The third-order valence-electron chi connectivity index (χ3n) is 6.71. The lowest BCUT2D eigenvalue weighted by atomic mass is 10.0. The van der Waals surface area contributed by atoms with Crippen LogP contribution in [0.3, 0.4) is 0 Å². The van der Waals surface area contributed by atoms with Crippen molar-refractivity contribution in [2.45, 2.75) is 159 Å². The Bertz CT molecular complexity index is 808. The summed E-state index contributed by atoms with van der Waals surface area (Å²) in [4.78, 5) is 47.9. The summed E-state index contributed by atoms with van der Waals surface area (Å²) in [5, 5.41) is 7.88. The number of carbonyl (C=O) groups is 4. The Morgan fingerprint density at radius 3 is 1.09 bits per heavy atom. The molecule has 0 rings (SSSR count). The van der Waals surface area contributed by atoms with Gasteiger partial charge in [-0.3, -0.25) is 34.7 Å². The van der Waals surface area contributed by atoms with Gasteiger partial charge in [-0.15, -0.1) is 12.4 Å². The Morgan fingerprint density at radius 1 is 0.574 bits per heavy atom. The highest BCUT2D eigenvalue weighted by molar-refractivity contribution is 5.85. The highest BCUT2D eigenvalue weighted by Crippen LogP contribution is 2.12. The average Bonchev–Trinajstić information content (AvgIpc) is 3.06. The minimum atomic E-state index is -0.448. The fourth-order valence-electron chi connectivity index (χ4n) is 4.03. The lowest BCUT2D eigenvalue weighted by Crippen LogP contribution is -2.38. The van der Waals surface area contributed by atoms with Gasteiger partial charge in [0.1, 0.15) is 18.1 Å². The number of nitrogens with two attached hydrogens (primary N) is 2. The number of aliphatic hydroxyl groups is 1. The molecule has 0 bridgehead atoms. The van der Waals surface area contributed by atoms with Crippen LogP contribution in [-0.2, 0) is 38.1 Å². The molecule has 0 saturated heterocycles. The molecule has 0 aliphatic heterocycles. The molecule has 0 fully saturated rings. The normalized spacial score (nSPS) is 12.6. The molecule has 4 atom stereocenters. The summed E-state index contributed by atoms with van der Waals surface area (Å²) in [5.74, 6) is 1.48. The van der Waals surface area contributed by atoms with Crippen LogP contribution in [0, 0.1) is 23.7 Å². The van der Waals surface area contributed by atoms with E-state index in [0.29, 0.717) is 63.0 Å². The van der Waals surface area contributed by atoms with Crippen molar-refractivity contribution in [1.29, 1.82) is 0 Å². The maximum Gasteiger partial charge on any atom is 0.323 e. The molecule has 54 heavy (non-hydrogen) atoms. The van der Waals surface area contributed by atoms with E-state index in [-0.39, 0.29) is 42.4 Å². The van der Waals surface area contributed by atoms with E-state index in [1.165, 1.54) is 0 Å². The molecule has 0 saturated carbocycles. The molecule has 0 aliphatic rings. The first-order valence-corrected chi connectivity index (χ1v) is 19.7. The van der Waals surface area contributed by atoms with Crippen molar-refractivity contribution in [3.63, 3.8) is 0 Å². The van der Waals surface area contributed by atoms with E-state index in [4.69, 9.17) is 30.8 Å². The Morgan fingerprint density at radius 2 is 0.870 bits per heavy atom. The molecule has 0 aromatic carbocycles. The largest absolute Gasteiger partial charge is 0.465 e. The number of halogens is 1. The van der Waals surface area contributed by atoms with Crippen molar-refractivity contribution < 1.29 is 43.2 Å². The van der Waals surface area contributed by atoms with Crippen molar-refractivity contribution in [3.8, 4) is 0 Å². The molecule has 0 heterocycles. The molecule has 0 aliphatic carbocycles. The van der Waals surface area contributed by atoms with E-state index in [9.17, 15) is 19.2 Å². The highest BCUT2D eigenvalue weighted by Gasteiger charge is 2.24. The molecule has 4 unspecified atom stereocenters. The second-order valence-electron chi connectivity index (χ2n) is 15.1. The first-order chi connectivity index (χ1) is 24.6. The van der Waals surface area contributed by atoms with Crippen LogP contribution >= 0.6 is 12.4 Å². The van der Waals surface area contributed by atoms with Crippen molar-refractivity contribution >= 4 is 36.8 Å². The topological polar surface area (TPSA) is 184 Å². The SMILES string of the molecule is CC(C)CC(N)OC=O.CCCO.CCCOC(=O)C(CC(C)C)N(C)C.CCCOC(=O)C(CC(C)C)N(C)C.CCCOC(=O)C(N)CC(C)C.Cl. The van der Waals surface area contributed by atoms with Crippen LogP contribution in [0.1, 0.15) is 134 Å². The van der Waals surface area contributed by atoms with E-state index in [1.54, 1.807) is 0 Å². The summed E-state index contributed by atoms with van der Waals surface area (Å²) < 4.78 is 19.6. The van der Waals surface area contributed by atoms with Crippen LogP contribution in [0.15, 0.2) is 0 Å². The van der Waals surface area contributed by atoms with Crippen molar-refractivity contribution in [3.05, 3.63) is 0 Å². The maximum absolute atomic E-state index is 11.6. The fraction of sp³-hybridized carbons (Fsp3) is 0.900. The van der Waals surface area contributed by atoms with Gasteiger partial charge in [-0.05, 0) is 96.8 Å². The summed E-state index contributed by atoms with van der Waals surface area (Å²) in [6.45, 7) is 26.7. The maximum atomic E-state index is 11.6. The van der Waals surface area contributed by atoms with Gasteiger partial charge in [0.15, 0.2) is 6.23 Å². The lowest BCUT2D eigenvalue weighted by molar-refractivity contribution is -0.150. The van der Waals surface area contributed by atoms with Gasteiger partial charge in [-0.2, -0.15) is 0 Å². The zero-order chi connectivity index (χ0) is 42.5. The van der Waals surface area contributed by atoms with Gasteiger partial charge < -0.3 is 29.8 Å². The lowest BCUT2D eigenvalue weighted by Gasteiger charge is -2.23. The molecule has 0 aromatic rings. The Kier molecular flexibility index (Phi) is 51.7. The summed E-state index contributed by atoms with van der Waals surface area (Å²) >= 11 is 0. The third kappa shape index (κ3) is 48.0. The summed E-state index contributed by atoms with van der Waals surface area (Å²) in [7, 11) is 7.67. The van der Waals surface area contributed by atoms with E-state index in [1.807, 2.05) is 93.4 Å². The molecular weight excluding hydrogens is 716 g/mol. The predicted octanol–water partition coefficient (Wildman–Crippen LogP) is 6.45. The molecule has 0 amide bonds. The van der Waals surface area contributed by atoms with Crippen molar-refractivity contribution in [2.75, 3.05) is 54.6 Å². The number of nitrogens with zero attached hydrogens (tertiary/aromatic N) is 2. The number of hydrogen-bond donors (Lipinski definition) is 3. The van der Waals surface area contributed by atoms with Gasteiger partial charge in [0, 0.05) is 13.0 Å². The van der Waals surface area contributed by atoms with Gasteiger partial charge >= 0.3 is 17.9 Å². The number of ether oxygens (including phenoxy) is 4. The quantitative estimate of drug-likeness (QED) is 0.0471. The van der Waals surface area contributed by atoms with E-state index < -0.39 is 12.3 Å². The molecule has 0 aromatic heterocycles. The van der Waals surface area contributed by atoms with Gasteiger partial charge in [-0.1, -0.05) is 83.1 Å². The number of carbonyl (C=O) groups excluding carboxylic acids is 4. The van der Waals surface area contributed by atoms with Crippen LogP contribution in [-0.4, -0.2) is 118 Å². The van der Waals surface area contributed by atoms with Gasteiger partial charge in [-0.25, -0.2) is 0 Å². The van der Waals surface area contributed by atoms with Gasteiger partial charge in [0.2, 0.25) is 0 Å². The van der Waals surface area contributed by atoms with Crippen LogP contribution < -0.4 is 11.5 Å². The minimum Gasteiger partial charge on any atom is -0.465 e. The van der Waals surface area contributed by atoms with E-state index >= 15 is 0 Å². The van der Waals surface area contributed by atoms with E-state index in [2.05, 4.69) is 32.4 Å². The summed E-state index contributed by atoms with van der Waals surface area (Å²) in [6, 6.07) is -0.639. The monoisotopic (exact) mass is 803 g/mol. The summed E-state index contributed by atoms with van der Waals surface area (Å²) in [5.41, 5.74) is 10.9.